The highest BCUT2D eigenvalue weighted by Crippen LogP contribution is 2.25. The van der Waals surface area contributed by atoms with Gasteiger partial charge in [0.2, 0.25) is 0 Å². The summed E-state index contributed by atoms with van der Waals surface area (Å²) in [7, 11) is 0. The molecule has 3 aromatic rings. The van der Waals surface area contributed by atoms with Crippen molar-refractivity contribution in [2.75, 3.05) is 13.2 Å². The number of hydrogen-bond donors (Lipinski definition) is 1. The number of nitrogens with one attached hydrogen (secondary N) is 1. The lowest BCUT2D eigenvalue weighted by Gasteiger charge is -2.12. The highest BCUT2D eigenvalue weighted by atomic mass is 16.5. The quantitative estimate of drug-likeness (QED) is 0.536. The number of carbonyl (C=O) groups is 2. The summed E-state index contributed by atoms with van der Waals surface area (Å²) < 4.78 is 16.6. The lowest BCUT2D eigenvalue weighted by molar-refractivity contribution is -0.143. The van der Waals surface area contributed by atoms with Crippen LogP contribution in [0.5, 0.6) is 17.2 Å². The molecule has 30 heavy (non-hydrogen) atoms. The monoisotopic (exact) mass is 405 g/mol. The van der Waals surface area contributed by atoms with Gasteiger partial charge in [0.25, 0.3) is 5.91 Å². The van der Waals surface area contributed by atoms with Gasteiger partial charge in [0.1, 0.15) is 30.4 Å². The van der Waals surface area contributed by atoms with Gasteiger partial charge >= 0.3 is 5.97 Å². The Hall–Kier alpha value is -3.80. The third kappa shape index (κ3) is 5.85. The fourth-order valence-corrected chi connectivity index (χ4v) is 2.73. The van der Waals surface area contributed by atoms with Crippen LogP contribution < -0.4 is 14.8 Å². The fraction of sp³-hybridized carbons (Fsp3) is 0.167. The minimum absolute atomic E-state index is 0.0350. The molecule has 0 heterocycles. The van der Waals surface area contributed by atoms with Crippen LogP contribution in [0.25, 0.3) is 0 Å². The van der Waals surface area contributed by atoms with Crippen molar-refractivity contribution in [3.63, 3.8) is 0 Å². The normalized spacial score (nSPS) is 10.2. The van der Waals surface area contributed by atoms with Gasteiger partial charge in [-0.25, -0.2) is 0 Å². The van der Waals surface area contributed by atoms with Gasteiger partial charge in [-0.2, -0.15) is 0 Å². The average Bonchev–Trinajstić information content (AvgIpc) is 2.78. The molecule has 1 N–H and O–H groups in total. The van der Waals surface area contributed by atoms with E-state index in [9.17, 15) is 9.59 Å². The summed E-state index contributed by atoms with van der Waals surface area (Å²) in [5, 5.41) is 2.56. The molecule has 0 bridgehead atoms. The highest BCUT2D eigenvalue weighted by molar-refractivity contribution is 5.98. The van der Waals surface area contributed by atoms with Crippen molar-refractivity contribution < 1.29 is 23.8 Å². The largest absolute Gasteiger partial charge is 0.493 e. The molecule has 3 aromatic carbocycles. The molecule has 0 aromatic heterocycles. The smallest absolute Gasteiger partial charge is 0.325 e. The van der Waals surface area contributed by atoms with Gasteiger partial charge in [-0.3, -0.25) is 9.59 Å². The first kappa shape index (κ1) is 20.9. The summed E-state index contributed by atoms with van der Waals surface area (Å²) >= 11 is 0. The molecule has 0 aliphatic rings. The van der Waals surface area contributed by atoms with Crippen molar-refractivity contribution in [1.29, 1.82) is 0 Å². The first-order valence-corrected chi connectivity index (χ1v) is 9.64. The molecule has 0 saturated heterocycles. The van der Waals surface area contributed by atoms with Gasteiger partial charge in [0.15, 0.2) is 0 Å². The van der Waals surface area contributed by atoms with Crippen molar-refractivity contribution in [3.8, 4) is 17.2 Å². The fourth-order valence-electron chi connectivity index (χ4n) is 2.73. The van der Waals surface area contributed by atoms with Crippen LogP contribution in [0, 0.1) is 0 Å². The van der Waals surface area contributed by atoms with E-state index >= 15 is 0 Å². The maximum atomic E-state index is 12.4. The molecule has 6 nitrogen and oxygen atoms in total. The Morgan fingerprint density at radius 1 is 0.833 bits per heavy atom. The molecule has 0 aliphatic carbocycles. The summed E-state index contributed by atoms with van der Waals surface area (Å²) in [5.74, 6) is 0.816. The van der Waals surface area contributed by atoms with E-state index in [0.717, 1.165) is 5.56 Å². The zero-order chi connectivity index (χ0) is 21.2. The lowest BCUT2D eigenvalue weighted by atomic mass is 10.2. The number of esters is 1. The Labute approximate surface area is 175 Å². The Bertz CT molecular complexity index is 988. The topological polar surface area (TPSA) is 73.9 Å². The van der Waals surface area contributed by atoms with Gasteiger partial charge in [0.05, 0.1) is 12.2 Å². The third-order valence-electron chi connectivity index (χ3n) is 4.16. The molecular weight excluding hydrogens is 382 g/mol. The predicted molar refractivity (Wildman–Crippen MR) is 113 cm³/mol. The molecule has 0 aliphatic heterocycles. The van der Waals surface area contributed by atoms with Gasteiger partial charge in [-0.05, 0) is 37.3 Å². The van der Waals surface area contributed by atoms with Gasteiger partial charge < -0.3 is 19.5 Å². The molecule has 154 valence electrons. The number of ether oxygens (including phenoxy) is 3. The summed E-state index contributed by atoms with van der Waals surface area (Å²) in [4.78, 5) is 24.5. The minimum Gasteiger partial charge on any atom is -0.493 e. The van der Waals surface area contributed by atoms with Gasteiger partial charge in [-0.15, -0.1) is 0 Å². The number of rotatable bonds is 9. The molecule has 0 saturated carbocycles. The molecule has 0 radical (unpaired) electrons. The summed E-state index contributed by atoms with van der Waals surface area (Å²) in [6, 6.07) is 23.5. The lowest BCUT2D eigenvalue weighted by Crippen LogP contribution is -2.30. The zero-order valence-electron chi connectivity index (χ0n) is 16.7. The Balaban J connectivity index is 1.54. The van der Waals surface area contributed by atoms with Crippen LogP contribution >= 0.6 is 0 Å². The van der Waals surface area contributed by atoms with E-state index < -0.39 is 11.9 Å². The van der Waals surface area contributed by atoms with Crippen molar-refractivity contribution in [3.05, 3.63) is 90.0 Å². The van der Waals surface area contributed by atoms with Crippen LogP contribution in [-0.2, 0) is 16.1 Å². The first-order valence-electron chi connectivity index (χ1n) is 9.64. The second kappa shape index (κ2) is 10.7. The molecule has 0 atom stereocenters. The molecule has 0 unspecified atom stereocenters. The highest BCUT2D eigenvalue weighted by Gasteiger charge is 2.14. The van der Waals surface area contributed by atoms with Gasteiger partial charge in [-0.1, -0.05) is 48.5 Å². The predicted octanol–water partition coefficient (Wildman–Crippen LogP) is 4.35. The van der Waals surface area contributed by atoms with E-state index in [0.29, 0.717) is 29.4 Å². The van der Waals surface area contributed by atoms with Crippen molar-refractivity contribution in [2.45, 2.75) is 13.5 Å². The van der Waals surface area contributed by atoms with E-state index in [2.05, 4.69) is 5.32 Å². The Kier molecular flexibility index (Phi) is 7.44. The van der Waals surface area contributed by atoms with E-state index in [-0.39, 0.29) is 13.2 Å². The Morgan fingerprint density at radius 2 is 1.50 bits per heavy atom. The van der Waals surface area contributed by atoms with Crippen molar-refractivity contribution in [1.82, 2.24) is 5.32 Å². The number of carbonyl (C=O) groups excluding carboxylic acids is 2. The molecule has 0 fully saturated rings. The van der Waals surface area contributed by atoms with Crippen molar-refractivity contribution >= 4 is 11.9 Å². The van der Waals surface area contributed by atoms with E-state index in [4.69, 9.17) is 14.2 Å². The molecule has 1 amide bonds. The van der Waals surface area contributed by atoms with Crippen LogP contribution in [0.1, 0.15) is 22.8 Å². The average molecular weight is 405 g/mol. The number of hydrogen-bond acceptors (Lipinski definition) is 5. The maximum Gasteiger partial charge on any atom is 0.325 e. The molecular formula is C24H23NO5. The van der Waals surface area contributed by atoms with E-state index in [1.807, 2.05) is 61.5 Å². The van der Waals surface area contributed by atoms with Crippen molar-refractivity contribution in [2.24, 2.45) is 0 Å². The SMILES string of the molecule is CCOc1ccccc1C(=O)NCC(=O)OCc1ccccc1Oc1ccccc1. The molecule has 0 spiro atoms. The van der Waals surface area contributed by atoms with Crippen LogP contribution in [-0.4, -0.2) is 25.0 Å². The first-order chi connectivity index (χ1) is 14.7. The molecule has 6 heteroatoms. The number of para-hydroxylation sites is 3. The zero-order valence-corrected chi connectivity index (χ0v) is 16.7. The number of amides is 1. The summed E-state index contributed by atoms with van der Waals surface area (Å²) in [6.07, 6.45) is 0. The second-order valence-corrected chi connectivity index (χ2v) is 6.30. The van der Waals surface area contributed by atoms with Crippen LogP contribution in [0.15, 0.2) is 78.9 Å². The van der Waals surface area contributed by atoms with Crippen LogP contribution in [0.3, 0.4) is 0 Å². The van der Waals surface area contributed by atoms with Crippen LogP contribution in [0.2, 0.25) is 0 Å². The Morgan fingerprint density at radius 3 is 2.27 bits per heavy atom. The standard InChI is InChI=1S/C24H23NO5/c1-2-28-22-15-9-7-13-20(22)24(27)25-16-23(26)29-17-18-10-6-8-14-21(18)30-19-11-4-3-5-12-19/h3-15H,2,16-17H2,1H3,(H,25,27). The summed E-state index contributed by atoms with van der Waals surface area (Å²) in [5.41, 5.74) is 1.09. The van der Waals surface area contributed by atoms with E-state index in [1.165, 1.54) is 0 Å². The summed E-state index contributed by atoms with van der Waals surface area (Å²) in [6.45, 7) is 2.07. The molecule has 3 rings (SSSR count). The second-order valence-electron chi connectivity index (χ2n) is 6.30. The maximum absolute atomic E-state index is 12.4. The minimum atomic E-state index is -0.549. The third-order valence-corrected chi connectivity index (χ3v) is 4.16. The van der Waals surface area contributed by atoms with E-state index in [1.54, 1.807) is 24.3 Å². The van der Waals surface area contributed by atoms with Gasteiger partial charge in [0, 0.05) is 5.56 Å². The number of benzene rings is 3. The van der Waals surface area contributed by atoms with Crippen LogP contribution in [0.4, 0.5) is 0 Å².